The number of rotatable bonds is 4. The van der Waals surface area contributed by atoms with Crippen molar-refractivity contribution in [3.05, 3.63) is 59.7 Å². The molecule has 0 unspecified atom stereocenters. The Labute approximate surface area is 125 Å². The Morgan fingerprint density at radius 2 is 1.86 bits per heavy atom. The molecule has 1 heterocycles. The van der Waals surface area contributed by atoms with Crippen molar-refractivity contribution in [2.24, 2.45) is 0 Å². The van der Waals surface area contributed by atoms with E-state index in [9.17, 15) is 0 Å². The van der Waals surface area contributed by atoms with Crippen LogP contribution in [0.25, 0.3) is 22.3 Å². The van der Waals surface area contributed by atoms with Gasteiger partial charge < -0.3 is 9.73 Å². The van der Waals surface area contributed by atoms with E-state index in [4.69, 9.17) is 4.42 Å². The molecule has 1 N–H and O–H groups in total. The molecule has 0 atom stereocenters. The second-order valence-electron chi connectivity index (χ2n) is 5.83. The van der Waals surface area contributed by atoms with Gasteiger partial charge in [0.1, 0.15) is 11.3 Å². The van der Waals surface area contributed by atoms with Crippen molar-refractivity contribution < 1.29 is 4.42 Å². The van der Waals surface area contributed by atoms with Gasteiger partial charge >= 0.3 is 0 Å². The highest BCUT2D eigenvalue weighted by Crippen LogP contribution is 2.30. The molecule has 0 spiro atoms. The number of aryl methyl sites for hydroxylation is 1. The van der Waals surface area contributed by atoms with E-state index in [1.165, 1.54) is 16.7 Å². The summed E-state index contributed by atoms with van der Waals surface area (Å²) >= 11 is 0. The van der Waals surface area contributed by atoms with Gasteiger partial charge in [0.05, 0.1) is 0 Å². The lowest BCUT2D eigenvalue weighted by Crippen LogP contribution is -2.21. The number of nitrogens with one attached hydrogen (secondary N) is 1. The van der Waals surface area contributed by atoms with E-state index in [2.05, 4.69) is 56.4 Å². The lowest BCUT2D eigenvalue weighted by Gasteiger charge is -2.10. The minimum absolute atomic E-state index is 0.487. The summed E-state index contributed by atoms with van der Waals surface area (Å²) < 4.78 is 6.00. The molecule has 2 heteroatoms. The van der Waals surface area contributed by atoms with Crippen molar-refractivity contribution in [1.29, 1.82) is 0 Å². The third-order valence-corrected chi connectivity index (χ3v) is 3.71. The molecular formula is C19H21NO. The third kappa shape index (κ3) is 3.01. The van der Waals surface area contributed by atoms with Crippen LogP contribution in [0, 0.1) is 6.92 Å². The smallest absolute Gasteiger partial charge is 0.135 e. The predicted molar refractivity (Wildman–Crippen MR) is 88.4 cm³/mol. The Morgan fingerprint density at radius 1 is 1.05 bits per heavy atom. The fraction of sp³-hybridized carbons (Fsp3) is 0.263. The van der Waals surface area contributed by atoms with Crippen LogP contribution in [0.5, 0.6) is 0 Å². The molecule has 21 heavy (non-hydrogen) atoms. The molecule has 2 nitrogen and oxygen atoms in total. The van der Waals surface area contributed by atoms with Crippen LogP contribution in [0.2, 0.25) is 0 Å². The maximum atomic E-state index is 6.00. The first-order valence-electron chi connectivity index (χ1n) is 7.45. The van der Waals surface area contributed by atoms with Crippen LogP contribution in [0.4, 0.5) is 0 Å². The van der Waals surface area contributed by atoms with Gasteiger partial charge in [0.15, 0.2) is 0 Å². The zero-order valence-corrected chi connectivity index (χ0v) is 12.8. The Balaban J connectivity index is 1.98. The fourth-order valence-corrected chi connectivity index (χ4v) is 2.48. The summed E-state index contributed by atoms with van der Waals surface area (Å²) in [5, 5.41) is 4.61. The van der Waals surface area contributed by atoms with E-state index in [1.807, 2.05) is 18.2 Å². The van der Waals surface area contributed by atoms with Gasteiger partial charge in [-0.15, -0.1) is 0 Å². The third-order valence-electron chi connectivity index (χ3n) is 3.71. The highest BCUT2D eigenvalue weighted by Gasteiger charge is 2.09. The Hall–Kier alpha value is -2.06. The van der Waals surface area contributed by atoms with E-state index in [0.717, 1.165) is 23.3 Å². The second-order valence-corrected chi connectivity index (χ2v) is 5.83. The molecule has 0 aliphatic rings. The summed E-state index contributed by atoms with van der Waals surface area (Å²) in [4.78, 5) is 0. The lowest BCUT2D eigenvalue weighted by atomic mass is 10.0. The molecule has 2 aromatic carbocycles. The quantitative estimate of drug-likeness (QED) is 0.734. The molecule has 108 valence electrons. The minimum Gasteiger partial charge on any atom is -0.456 e. The zero-order valence-electron chi connectivity index (χ0n) is 12.8. The van der Waals surface area contributed by atoms with Crippen molar-refractivity contribution in [2.75, 3.05) is 0 Å². The fourth-order valence-electron chi connectivity index (χ4n) is 2.48. The normalized spacial score (nSPS) is 11.4. The van der Waals surface area contributed by atoms with Gasteiger partial charge in [0.25, 0.3) is 0 Å². The van der Waals surface area contributed by atoms with Gasteiger partial charge in [-0.25, -0.2) is 0 Å². The van der Waals surface area contributed by atoms with E-state index in [0.29, 0.717) is 6.04 Å². The van der Waals surface area contributed by atoms with Crippen LogP contribution in [0.3, 0.4) is 0 Å². The van der Waals surface area contributed by atoms with Gasteiger partial charge in [-0.05, 0) is 36.2 Å². The predicted octanol–water partition coefficient (Wildman–Crippen LogP) is 4.91. The molecular weight excluding hydrogens is 258 g/mol. The van der Waals surface area contributed by atoms with Crippen molar-refractivity contribution >= 4 is 11.0 Å². The molecule has 3 aromatic rings. The van der Waals surface area contributed by atoms with Crippen LogP contribution in [-0.2, 0) is 6.54 Å². The van der Waals surface area contributed by atoms with Crippen LogP contribution in [0.15, 0.2) is 52.9 Å². The van der Waals surface area contributed by atoms with Crippen molar-refractivity contribution in [3.63, 3.8) is 0 Å². The summed E-state index contributed by atoms with van der Waals surface area (Å²) in [6.07, 6.45) is 0. The van der Waals surface area contributed by atoms with E-state index in [1.54, 1.807) is 0 Å². The molecule has 0 saturated heterocycles. The van der Waals surface area contributed by atoms with Crippen LogP contribution < -0.4 is 5.32 Å². The topological polar surface area (TPSA) is 25.2 Å². The van der Waals surface area contributed by atoms with Crippen molar-refractivity contribution in [2.45, 2.75) is 33.4 Å². The summed E-state index contributed by atoms with van der Waals surface area (Å²) in [7, 11) is 0. The molecule has 0 aliphatic carbocycles. The molecule has 0 bridgehead atoms. The van der Waals surface area contributed by atoms with Gasteiger partial charge in [0, 0.05) is 23.5 Å². The van der Waals surface area contributed by atoms with Gasteiger partial charge in [-0.3, -0.25) is 0 Å². The Kier molecular flexibility index (Phi) is 3.80. The molecule has 0 amide bonds. The first kappa shape index (κ1) is 13.9. The molecule has 0 radical (unpaired) electrons. The van der Waals surface area contributed by atoms with E-state index >= 15 is 0 Å². The molecule has 0 saturated carbocycles. The highest BCUT2D eigenvalue weighted by molar-refractivity contribution is 5.83. The number of hydrogen-bond acceptors (Lipinski definition) is 2. The number of hydrogen-bond donors (Lipinski definition) is 1. The second kappa shape index (κ2) is 5.74. The lowest BCUT2D eigenvalue weighted by molar-refractivity contribution is 0.588. The number of benzene rings is 2. The standard InChI is InChI=1S/C19H21NO/c1-13(2)20-12-15-9-8-14(3)17(10-15)19-11-16-6-4-5-7-18(16)21-19/h4-11,13,20H,12H2,1-3H3. The maximum absolute atomic E-state index is 6.00. The molecule has 0 aliphatic heterocycles. The van der Waals surface area contributed by atoms with Crippen LogP contribution >= 0.6 is 0 Å². The van der Waals surface area contributed by atoms with E-state index < -0.39 is 0 Å². The average molecular weight is 279 g/mol. The summed E-state index contributed by atoms with van der Waals surface area (Å²) in [5.74, 6) is 0.945. The van der Waals surface area contributed by atoms with Gasteiger partial charge in [-0.1, -0.05) is 44.2 Å². The summed E-state index contributed by atoms with van der Waals surface area (Å²) in [6.45, 7) is 7.33. The van der Waals surface area contributed by atoms with Gasteiger partial charge in [0.2, 0.25) is 0 Å². The first-order valence-corrected chi connectivity index (χ1v) is 7.45. The molecule has 0 fully saturated rings. The van der Waals surface area contributed by atoms with Gasteiger partial charge in [-0.2, -0.15) is 0 Å². The largest absolute Gasteiger partial charge is 0.456 e. The monoisotopic (exact) mass is 279 g/mol. The highest BCUT2D eigenvalue weighted by atomic mass is 16.3. The first-order chi connectivity index (χ1) is 10.1. The SMILES string of the molecule is Cc1ccc(CNC(C)C)cc1-c1cc2ccccc2o1. The Bertz CT molecular complexity index is 722. The van der Waals surface area contributed by atoms with Crippen molar-refractivity contribution in [1.82, 2.24) is 5.32 Å². The Morgan fingerprint density at radius 3 is 2.62 bits per heavy atom. The minimum atomic E-state index is 0.487. The summed E-state index contributed by atoms with van der Waals surface area (Å²) in [6, 6.07) is 17.3. The number of para-hydroxylation sites is 1. The van der Waals surface area contributed by atoms with E-state index in [-0.39, 0.29) is 0 Å². The van der Waals surface area contributed by atoms with Crippen LogP contribution in [0.1, 0.15) is 25.0 Å². The van der Waals surface area contributed by atoms with Crippen molar-refractivity contribution in [3.8, 4) is 11.3 Å². The van der Waals surface area contributed by atoms with Crippen LogP contribution in [-0.4, -0.2) is 6.04 Å². The average Bonchev–Trinajstić information content (AvgIpc) is 2.90. The number of furan rings is 1. The maximum Gasteiger partial charge on any atom is 0.135 e. The summed E-state index contributed by atoms with van der Waals surface area (Å²) in [5.41, 5.74) is 4.64. The number of fused-ring (bicyclic) bond motifs is 1. The molecule has 3 rings (SSSR count). The molecule has 1 aromatic heterocycles. The zero-order chi connectivity index (χ0) is 14.8.